The molecule has 0 atom stereocenters. The number of sulfonamides is 1. The van der Waals surface area contributed by atoms with E-state index in [1.54, 1.807) is 16.6 Å². The van der Waals surface area contributed by atoms with Crippen molar-refractivity contribution < 1.29 is 8.42 Å². The molecule has 2 heterocycles. The quantitative estimate of drug-likeness (QED) is 0.698. The van der Waals surface area contributed by atoms with Crippen LogP contribution in [0.25, 0.3) is 10.9 Å². The van der Waals surface area contributed by atoms with Gasteiger partial charge in [-0.3, -0.25) is 4.98 Å². The van der Waals surface area contributed by atoms with E-state index in [0.29, 0.717) is 31.1 Å². The lowest BCUT2D eigenvalue weighted by Crippen LogP contribution is -2.48. The summed E-state index contributed by atoms with van der Waals surface area (Å²) in [6, 6.07) is 15.7. The number of rotatable bonds is 3. The third kappa shape index (κ3) is 3.31. The third-order valence-electron chi connectivity index (χ3n) is 5.15. The normalized spacial score (nSPS) is 16.0. The number of hydrogen-bond acceptors (Lipinski definition) is 4. The Morgan fingerprint density at radius 3 is 2.44 bits per heavy atom. The highest BCUT2D eigenvalue weighted by molar-refractivity contribution is 7.89. The van der Waals surface area contributed by atoms with Gasteiger partial charge in [-0.15, -0.1) is 0 Å². The van der Waals surface area contributed by atoms with Gasteiger partial charge in [0.25, 0.3) is 0 Å². The van der Waals surface area contributed by atoms with Crippen LogP contribution in [0, 0.1) is 13.8 Å². The number of anilines is 1. The van der Waals surface area contributed by atoms with Crippen molar-refractivity contribution >= 4 is 26.6 Å². The average Bonchev–Trinajstić information content (AvgIpc) is 2.69. The fraction of sp³-hybridized carbons (Fsp3) is 0.286. The van der Waals surface area contributed by atoms with Crippen molar-refractivity contribution in [2.75, 3.05) is 31.1 Å². The highest BCUT2D eigenvalue weighted by Gasteiger charge is 2.30. The number of benzene rings is 2. The first-order valence-corrected chi connectivity index (χ1v) is 10.6. The second-order valence-electron chi connectivity index (χ2n) is 7.01. The molecule has 5 nitrogen and oxygen atoms in total. The second kappa shape index (κ2) is 6.94. The lowest BCUT2D eigenvalue weighted by Gasteiger charge is -2.36. The lowest BCUT2D eigenvalue weighted by molar-refractivity contribution is 0.385. The van der Waals surface area contributed by atoms with Crippen LogP contribution in [-0.2, 0) is 10.0 Å². The summed E-state index contributed by atoms with van der Waals surface area (Å²) in [7, 11) is -3.47. The van der Waals surface area contributed by atoms with Gasteiger partial charge >= 0.3 is 0 Å². The molecule has 0 bridgehead atoms. The minimum Gasteiger partial charge on any atom is -0.367 e. The molecule has 0 unspecified atom stereocenters. The SMILES string of the molecule is Cc1ccc(C)c(S(=O)(=O)N2CCN(c3cccc4cccnc34)CC2)c1. The number of aromatic nitrogens is 1. The molecule has 0 aliphatic carbocycles. The van der Waals surface area contributed by atoms with E-state index >= 15 is 0 Å². The van der Waals surface area contributed by atoms with Gasteiger partial charge in [-0.2, -0.15) is 4.31 Å². The van der Waals surface area contributed by atoms with Crippen molar-refractivity contribution in [3.05, 3.63) is 65.9 Å². The maximum absolute atomic E-state index is 13.1. The van der Waals surface area contributed by atoms with Gasteiger partial charge in [0.15, 0.2) is 0 Å². The molecule has 0 saturated carbocycles. The first-order chi connectivity index (χ1) is 13.0. The Hall–Kier alpha value is -2.44. The topological polar surface area (TPSA) is 53.5 Å². The standard InChI is InChI=1S/C21H23N3O2S/c1-16-8-9-17(2)20(15-16)27(25,26)24-13-11-23(12-14-24)19-7-3-5-18-6-4-10-22-21(18)19/h3-10,15H,11-14H2,1-2H3. The highest BCUT2D eigenvalue weighted by atomic mass is 32.2. The highest BCUT2D eigenvalue weighted by Crippen LogP contribution is 2.28. The van der Waals surface area contributed by atoms with E-state index in [0.717, 1.165) is 27.7 Å². The largest absolute Gasteiger partial charge is 0.367 e. The van der Waals surface area contributed by atoms with Gasteiger partial charge in [0.2, 0.25) is 10.0 Å². The van der Waals surface area contributed by atoms with Gasteiger partial charge in [0, 0.05) is 37.8 Å². The number of fused-ring (bicyclic) bond motifs is 1. The summed E-state index contributed by atoms with van der Waals surface area (Å²) < 4.78 is 27.8. The van der Waals surface area contributed by atoms with E-state index in [-0.39, 0.29) is 0 Å². The Balaban J connectivity index is 1.57. The predicted octanol–water partition coefficient (Wildman–Crippen LogP) is 3.36. The van der Waals surface area contributed by atoms with E-state index in [4.69, 9.17) is 0 Å². The van der Waals surface area contributed by atoms with E-state index in [1.165, 1.54) is 0 Å². The zero-order valence-electron chi connectivity index (χ0n) is 15.6. The molecule has 0 spiro atoms. The molecule has 0 radical (unpaired) electrons. The first-order valence-electron chi connectivity index (χ1n) is 9.13. The van der Waals surface area contributed by atoms with Crippen LogP contribution < -0.4 is 4.90 Å². The van der Waals surface area contributed by atoms with Crippen LogP contribution in [0.5, 0.6) is 0 Å². The number of pyridine rings is 1. The zero-order chi connectivity index (χ0) is 19.0. The Morgan fingerprint density at radius 1 is 0.926 bits per heavy atom. The molecular formula is C21H23N3O2S. The predicted molar refractivity (Wildman–Crippen MR) is 109 cm³/mol. The van der Waals surface area contributed by atoms with Crippen molar-refractivity contribution in [3.8, 4) is 0 Å². The summed E-state index contributed by atoms with van der Waals surface area (Å²) in [6.07, 6.45) is 1.80. The Morgan fingerprint density at radius 2 is 1.67 bits per heavy atom. The van der Waals surface area contributed by atoms with Gasteiger partial charge in [-0.25, -0.2) is 8.42 Å². The van der Waals surface area contributed by atoms with Crippen LogP contribution in [0.2, 0.25) is 0 Å². The van der Waals surface area contributed by atoms with Gasteiger partial charge in [-0.1, -0.05) is 30.3 Å². The Labute approximate surface area is 160 Å². The van der Waals surface area contributed by atoms with Crippen molar-refractivity contribution in [2.24, 2.45) is 0 Å². The molecule has 1 saturated heterocycles. The molecule has 1 aliphatic rings. The molecule has 0 amide bonds. The summed E-state index contributed by atoms with van der Waals surface area (Å²) in [5.74, 6) is 0. The van der Waals surface area contributed by atoms with E-state index in [9.17, 15) is 8.42 Å². The van der Waals surface area contributed by atoms with Crippen LogP contribution >= 0.6 is 0 Å². The molecule has 1 fully saturated rings. The molecular weight excluding hydrogens is 358 g/mol. The average molecular weight is 382 g/mol. The van der Waals surface area contributed by atoms with Gasteiger partial charge in [0.1, 0.15) is 0 Å². The zero-order valence-corrected chi connectivity index (χ0v) is 16.4. The summed E-state index contributed by atoms with van der Waals surface area (Å²) in [6.45, 7) is 6.02. The minimum absolute atomic E-state index is 0.419. The molecule has 0 N–H and O–H groups in total. The molecule has 27 heavy (non-hydrogen) atoms. The number of aryl methyl sites for hydroxylation is 2. The van der Waals surface area contributed by atoms with Crippen LogP contribution in [-0.4, -0.2) is 43.9 Å². The van der Waals surface area contributed by atoms with Gasteiger partial charge in [0.05, 0.1) is 16.1 Å². The summed E-state index contributed by atoms with van der Waals surface area (Å²) in [4.78, 5) is 7.17. The van der Waals surface area contributed by atoms with E-state index in [1.807, 2.05) is 50.2 Å². The van der Waals surface area contributed by atoms with E-state index < -0.39 is 10.0 Å². The fourth-order valence-electron chi connectivity index (χ4n) is 3.64. The monoisotopic (exact) mass is 381 g/mol. The molecule has 1 aromatic heterocycles. The molecule has 140 valence electrons. The van der Waals surface area contributed by atoms with Crippen molar-refractivity contribution in [3.63, 3.8) is 0 Å². The smallest absolute Gasteiger partial charge is 0.243 e. The summed E-state index contributed by atoms with van der Waals surface area (Å²) >= 11 is 0. The molecule has 3 aromatic rings. The van der Waals surface area contributed by atoms with Crippen LogP contribution in [0.1, 0.15) is 11.1 Å². The van der Waals surface area contributed by atoms with Gasteiger partial charge < -0.3 is 4.90 Å². The van der Waals surface area contributed by atoms with E-state index in [2.05, 4.69) is 16.0 Å². The summed E-state index contributed by atoms with van der Waals surface area (Å²) in [5, 5.41) is 1.10. The number of hydrogen-bond donors (Lipinski definition) is 0. The molecule has 4 rings (SSSR count). The van der Waals surface area contributed by atoms with Crippen molar-refractivity contribution in [1.29, 1.82) is 0 Å². The molecule has 2 aromatic carbocycles. The minimum atomic E-state index is -3.47. The van der Waals surface area contributed by atoms with Crippen LogP contribution in [0.15, 0.2) is 59.6 Å². The lowest BCUT2D eigenvalue weighted by atomic mass is 10.1. The van der Waals surface area contributed by atoms with Crippen LogP contribution in [0.3, 0.4) is 0 Å². The number of nitrogens with zero attached hydrogens (tertiary/aromatic N) is 3. The van der Waals surface area contributed by atoms with Crippen molar-refractivity contribution in [2.45, 2.75) is 18.7 Å². The van der Waals surface area contributed by atoms with Crippen molar-refractivity contribution in [1.82, 2.24) is 9.29 Å². The molecule has 1 aliphatic heterocycles. The van der Waals surface area contributed by atoms with Gasteiger partial charge in [-0.05, 0) is 43.2 Å². The number of para-hydroxylation sites is 1. The van der Waals surface area contributed by atoms with Crippen LogP contribution in [0.4, 0.5) is 5.69 Å². The summed E-state index contributed by atoms with van der Waals surface area (Å²) in [5.41, 5.74) is 3.78. The first kappa shape index (κ1) is 17.9. The second-order valence-corrected chi connectivity index (χ2v) is 8.92. The number of piperazine rings is 1. The fourth-order valence-corrected chi connectivity index (χ4v) is 5.37. The maximum atomic E-state index is 13.1. The Kier molecular flexibility index (Phi) is 4.61. The third-order valence-corrected chi connectivity index (χ3v) is 7.19. The maximum Gasteiger partial charge on any atom is 0.243 e. The molecule has 6 heteroatoms. The Bertz CT molecular complexity index is 1080.